The normalized spacial score (nSPS) is 10.9. The number of rotatable bonds is 4. The van der Waals surface area contributed by atoms with E-state index in [1.165, 1.54) is 0 Å². The summed E-state index contributed by atoms with van der Waals surface area (Å²) in [6.07, 6.45) is 0. The van der Waals surface area contributed by atoms with Crippen molar-refractivity contribution in [2.45, 2.75) is 6.92 Å². The zero-order valence-corrected chi connectivity index (χ0v) is 18.2. The average molecular weight is 438 g/mol. The van der Waals surface area contributed by atoms with Crippen molar-refractivity contribution in [2.24, 2.45) is 0 Å². The number of carbonyl (C=O) groups is 1. The van der Waals surface area contributed by atoms with Crippen LogP contribution in [-0.4, -0.2) is 15.7 Å². The topological polar surface area (TPSA) is 46.9 Å². The van der Waals surface area contributed by atoms with Crippen molar-refractivity contribution < 1.29 is 4.79 Å². The van der Waals surface area contributed by atoms with E-state index in [2.05, 4.69) is 40.7 Å². The number of benzene rings is 4. The Morgan fingerprint density at radius 3 is 2.34 bits per heavy atom. The maximum atomic E-state index is 13.0. The van der Waals surface area contributed by atoms with Gasteiger partial charge in [-0.15, -0.1) is 0 Å². The summed E-state index contributed by atoms with van der Waals surface area (Å²) in [7, 11) is 0. The molecule has 156 valence electrons. The Balaban J connectivity index is 1.61. The van der Waals surface area contributed by atoms with E-state index in [4.69, 9.17) is 11.6 Å². The molecule has 0 saturated heterocycles. The zero-order valence-electron chi connectivity index (χ0n) is 17.4. The zero-order chi connectivity index (χ0) is 22.1. The molecule has 4 aromatic carbocycles. The van der Waals surface area contributed by atoms with Gasteiger partial charge in [0, 0.05) is 5.56 Å². The molecule has 4 nitrogen and oxygen atoms in total. The van der Waals surface area contributed by atoms with Gasteiger partial charge in [-0.3, -0.25) is 4.79 Å². The lowest BCUT2D eigenvalue weighted by atomic mass is 10.0. The van der Waals surface area contributed by atoms with Crippen LogP contribution in [0.3, 0.4) is 0 Å². The monoisotopic (exact) mass is 437 g/mol. The van der Waals surface area contributed by atoms with Crippen LogP contribution in [0, 0.1) is 6.92 Å². The second-order valence-electron chi connectivity index (χ2n) is 7.66. The second-order valence-corrected chi connectivity index (χ2v) is 8.07. The number of fused-ring (bicyclic) bond motifs is 1. The van der Waals surface area contributed by atoms with Gasteiger partial charge in [0.2, 0.25) is 0 Å². The predicted molar refractivity (Wildman–Crippen MR) is 131 cm³/mol. The average Bonchev–Trinajstić information content (AvgIpc) is 3.26. The summed E-state index contributed by atoms with van der Waals surface area (Å²) >= 11 is 6.21. The molecule has 0 fully saturated rings. The number of nitrogens with one attached hydrogen (secondary N) is 1. The van der Waals surface area contributed by atoms with E-state index in [9.17, 15) is 4.79 Å². The molecule has 0 aliphatic heterocycles. The summed E-state index contributed by atoms with van der Waals surface area (Å²) < 4.78 is 1.81. The molecule has 0 unspecified atom stereocenters. The molecule has 0 aliphatic carbocycles. The van der Waals surface area contributed by atoms with E-state index >= 15 is 0 Å². The van der Waals surface area contributed by atoms with Crippen LogP contribution in [0.2, 0.25) is 5.02 Å². The molecule has 5 rings (SSSR count). The molecule has 0 spiro atoms. The molecule has 0 atom stereocenters. The van der Waals surface area contributed by atoms with E-state index in [0.29, 0.717) is 16.4 Å². The number of hydrogen-bond acceptors (Lipinski definition) is 2. The van der Waals surface area contributed by atoms with Gasteiger partial charge in [-0.1, -0.05) is 77.8 Å². The van der Waals surface area contributed by atoms with Crippen molar-refractivity contribution in [3.63, 3.8) is 0 Å². The number of carbonyl (C=O) groups excluding carboxylic acids is 1. The summed E-state index contributed by atoms with van der Waals surface area (Å²) in [6.45, 7) is 2.04. The van der Waals surface area contributed by atoms with Crippen molar-refractivity contribution >= 4 is 34.0 Å². The Kier molecular flexibility index (Phi) is 5.21. The van der Waals surface area contributed by atoms with Crippen molar-refractivity contribution in [3.05, 3.63) is 113 Å². The lowest BCUT2D eigenvalue weighted by Crippen LogP contribution is -2.13. The SMILES string of the molecule is Cc1ccc(-n2nc(C(=O)Nc3ccccc3Cl)cc2-c2ccc3ccccc3c2)cc1. The van der Waals surface area contributed by atoms with Gasteiger partial charge in [-0.25, -0.2) is 4.68 Å². The third-order valence-electron chi connectivity index (χ3n) is 5.39. The summed E-state index contributed by atoms with van der Waals surface area (Å²) in [5.74, 6) is -0.314. The maximum absolute atomic E-state index is 13.0. The Labute approximate surface area is 191 Å². The fourth-order valence-electron chi connectivity index (χ4n) is 3.68. The molecule has 32 heavy (non-hydrogen) atoms. The van der Waals surface area contributed by atoms with Crippen LogP contribution in [0.15, 0.2) is 97.1 Å². The molecule has 5 heteroatoms. The van der Waals surface area contributed by atoms with Crippen LogP contribution in [0.5, 0.6) is 0 Å². The van der Waals surface area contributed by atoms with Gasteiger partial charge in [-0.2, -0.15) is 5.10 Å². The molecule has 1 heterocycles. The van der Waals surface area contributed by atoms with Gasteiger partial charge >= 0.3 is 0 Å². The molecule has 0 bridgehead atoms. The van der Waals surface area contributed by atoms with E-state index in [1.54, 1.807) is 12.1 Å². The first kappa shape index (κ1) is 20.0. The van der Waals surface area contributed by atoms with Crippen molar-refractivity contribution in [1.82, 2.24) is 9.78 Å². The molecule has 1 aromatic heterocycles. The number of anilines is 1. The fourth-order valence-corrected chi connectivity index (χ4v) is 3.86. The molecule has 0 radical (unpaired) electrons. The van der Waals surface area contributed by atoms with Crippen molar-refractivity contribution in [1.29, 1.82) is 0 Å². The number of nitrogens with zero attached hydrogens (tertiary/aromatic N) is 2. The molecular weight excluding hydrogens is 418 g/mol. The molecular formula is C27H20ClN3O. The predicted octanol–water partition coefficient (Wildman–Crippen LogP) is 6.91. The Bertz CT molecular complexity index is 1440. The van der Waals surface area contributed by atoms with Crippen LogP contribution < -0.4 is 5.32 Å². The van der Waals surface area contributed by atoms with E-state index in [0.717, 1.165) is 33.3 Å². The van der Waals surface area contributed by atoms with Crippen molar-refractivity contribution in [2.75, 3.05) is 5.32 Å². The van der Waals surface area contributed by atoms with Crippen LogP contribution in [0.25, 0.3) is 27.7 Å². The van der Waals surface area contributed by atoms with E-state index in [1.807, 2.05) is 66.2 Å². The highest BCUT2D eigenvalue weighted by Gasteiger charge is 2.18. The number of aryl methyl sites for hydroxylation is 1. The number of para-hydroxylation sites is 1. The summed E-state index contributed by atoms with van der Waals surface area (Å²) in [5.41, 5.74) is 4.72. The molecule has 0 aliphatic rings. The third-order valence-corrected chi connectivity index (χ3v) is 5.72. The first-order valence-corrected chi connectivity index (χ1v) is 10.7. The maximum Gasteiger partial charge on any atom is 0.276 e. The largest absolute Gasteiger partial charge is 0.319 e. The van der Waals surface area contributed by atoms with Gasteiger partial charge in [0.1, 0.15) is 0 Å². The lowest BCUT2D eigenvalue weighted by molar-refractivity contribution is 0.102. The minimum absolute atomic E-state index is 0.314. The van der Waals surface area contributed by atoms with Crippen molar-refractivity contribution in [3.8, 4) is 16.9 Å². The molecule has 5 aromatic rings. The van der Waals surface area contributed by atoms with Gasteiger partial charge in [-0.05, 0) is 54.1 Å². The van der Waals surface area contributed by atoms with Crippen LogP contribution in [0.4, 0.5) is 5.69 Å². The second kappa shape index (κ2) is 8.33. The fraction of sp³-hybridized carbons (Fsp3) is 0.0370. The highest BCUT2D eigenvalue weighted by Crippen LogP contribution is 2.28. The Hall–Kier alpha value is -3.89. The highest BCUT2D eigenvalue weighted by molar-refractivity contribution is 6.33. The minimum Gasteiger partial charge on any atom is -0.319 e. The smallest absolute Gasteiger partial charge is 0.276 e. The molecule has 1 N–H and O–H groups in total. The van der Waals surface area contributed by atoms with Gasteiger partial charge in [0.15, 0.2) is 5.69 Å². The van der Waals surface area contributed by atoms with Crippen LogP contribution >= 0.6 is 11.6 Å². The number of amides is 1. The first-order chi connectivity index (χ1) is 15.6. The summed E-state index contributed by atoms with van der Waals surface area (Å²) in [4.78, 5) is 13.0. The highest BCUT2D eigenvalue weighted by atomic mass is 35.5. The number of hydrogen-bond donors (Lipinski definition) is 1. The van der Waals surface area contributed by atoms with E-state index in [-0.39, 0.29) is 5.91 Å². The summed E-state index contributed by atoms with van der Waals surface area (Å²) in [5, 5.41) is 10.3. The van der Waals surface area contributed by atoms with Crippen LogP contribution in [0.1, 0.15) is 16.1 Å². The molecule has 1 amide bonds. The number of aromatic nitrogens is 2. The first-order valence-electron chi connectivity index (χ1n) is 10.3. The number of halogens is 1. The molecule has 0 saturated carbocycles. The van der Waals surface area contributed by atoms with Crippen LogP contribution in [-0.2, 0) is 0 Å². The quantitative estimate of drug-likeness (QED) is 0.332. The van der Waals surface area contributed by atoms with Gasteiger partial charge < -0.3 is 5.32 Å². The third kappa shape index (κ3) is 3.88. The van der Waals surface area contributed by atoms with Gasteiger partial charge in [0.05, 0.1) is 22.1 Å². The Morgan fingerprint density at radius 1 is 0.844 bits per heavy atom. The minimum atomic E-state index is -0.314. The van der Waals surface area contributed by atoms with Gasteiger partial charge in [0.25, 0.3) is 5.91 Å². The summed E-state index contributed by atoms with van der Waals surface area (Å²) in [6, 6.07) is 31.5. The lowest BCUT2D eigenvalue weighted by Gasteiger charge is -2.09. The standard InChI is InChI=1S/C27H20ClN3O/c1-18-10-14-22(15-11-18)31-26(21-13-12-19-6-2-3-7-20(19)16-21)17-25(30-31)27(32)29-24-9-5-4-8-23(24)28/h2-17H,1H3,(H,29,32). The Morgan fingerprint density at radius 2 is 1.56 bits per heavy atom. The van der Waals surface area contributed by atoms with E-state index < -0.39 is 0 Å².